The lowest BCUT2D eigenvalue weighted by atomic mass is 9.95. The fourth-order valence-electron chi connectivity index (χ4n) is 8.31. The number of anilines is 2. The van der Waals surface area contributed by atoms with Crippen LogP contribution in [0.1, 0.15) is 34.6 Å². The molecular weight excluding hydrogens is 837 g/mol. The Hall–Kier alpha value is -7.98. The van der Waals surface area contributed by atoms with Crippen molar-refractivity contribution in [1.29, 1.82) is 0 Å². The average Bonchev–Trinajstić information content (AvgIpc) is 4.07. The summed E-state index contributed by atoms with van der Waals surface area (Å²) in [5.74, 6) is 5.98. The molecule has 16 nitrogen and oxygen atoms in total. The summed E-state index contributed by atoms with van der Waals surface area (Å²) in [5, 5.41) is 19.9. The van der Waals surface area contributed by atoms with Crippen LogP contribution in [0.3, 0.4) is 0 Å². The number of nitrogens with zero attached hydrogens (tertiary/aromatic N) is 6. The van der Waals surface area contributed by atoms with E-state index in [0.29, 0.717) is 48.7 Å². The molecule has 0 fully saturated rings. The second kappa shape index (κ2) is 18.3. The maximum Gasteiger partial charge on any atom is 0.258 e. The quantitative estimate of drug-likeness (QED) is 0.0980. The summed E-state index contributed by atoms with van der Waals surface area (Å²) < 4.78 is 28.9. The summed E-state index contributed by atoms with van der Waals surface area (Å²) in [5.41, 5.74) is 7.02. The highest BCUT2D eigenvalue weighted by atomic mass is 16.5. The third-order valence-corrected chi connectivity index (χ3v) is 11.8. The number of methoxy groups -OCH3 is 2. The number of rotatable bonds is 11. The van der Waals surface area contributed by atoms with Crippen molar-refractivity contribution in [3.05, 3.63) is 143 Å². The zero-order valence-electron chi connectivity index (χ0n) is 36.9. The summed E-state index contributed by atoms with van der Waals surface area (Å²) >= 11 is 0. The van der Waals surface area contributed by atoms with Gasteiger partial charge in [-0.1, -0.05) is 12.1 Å². The minimum absolute atomic E-state index is 0.0520. The third kappa shape index (κ3) is 8.77. The molecule has 2 unspecified atom stereocenters. The fraction of sp³-hybridized carbons (Fsp3) is 0.240. The maximum absolute atomic E-state index is 13.2. The number of benzene rings is 5. The molecule has 9 aromatic rings. The number of hydrogen-bond acceptors (Lipinski definition) is 13. The van der Waals surface area contributed by atoms with Crippen LogP contribution >= 0.6 is 0 Å². The summed E-state index contributed by atoms with van der Waals surface area (Å²) in [6.45, 7) is 2.18. The van der Waals surface area contributed by atoms with Gasteiger partial charge in [-0.15, -0.1) is 0 Å². The van der Waals surface area contributed by atoms with Crippen molar-refractivity contribution in [1.82, 2.24) is 45.2 Å². The number of nitrogens with one attached hydrogen (secondary N) is 4. The van der Waals surface area contributed by atoms with Gasteiger partial charge in [0.2, 0.25) is 0 Å². The molecule has 5 aromatic carbocycles. The number of ether oxygens (including phenoxy) is 5. The van der Waals surface area contributed by atoms with Crippen LogP contribution in [0, 0.1) is 0 Å². The molecular formula is C50H48N10O6. The average molecular weight is 885 g/mol. The van der Waals surface area contributed by atoms with Gasteiger partial charge in [0.25, 0.3) is 5.56 Å². The molecule has 0 bridgehead atoms. The van der Waals surface area contributed by atoms with Crippen molar-refractivity contribution in [2.24, 2.45) is 0 Å². The Morgan fingerprint density at radius 1 is 0.773 bits per heavy atom. The molecule has 11 rings (SSSR count). The number of para-hydroxylation sites is 1. The predicted octanol–water partition coefficient (Wildman–Crippen LogP) is 7.96. The highest BCUT2D eigenvalue weighted by Gasteiger charge is 2.27. The second-order valence-corrected chi connectivity index (χ2v) is 16.6. The van der Waals surface area contributed by atoms with Crippen LogP contribution in [-0.2, 0) is 12.8 Å². The van der Waals surface area contributed by atoms with Gasteiger partial charge >= 0.3 is 0 Å². The van der Waals surface area contributed by atoms with Gasteiger partial charge in [-0.3, -0.25) is 15.0 Å². The lowest BCUT2D eigenvalue weighted by molar-refractivity contribution is 0.256. The van der Waals surface area contributed by atoms with E-state index in [4.69, 9.17) is 38.6 Å². The molecule has 0 amide bonds. The van der Waals surface area contributed by atoms with Crippen LogP contribution in [0.5, 0.6) is 28.7 Å². The first kappa shape index (κ1) is 42.0. The van der Waals surface area contributed by atoms with Gasteiger partial charge in [-0.05, 0) is 122 Å². The number of aromatic nitrogens is 8. The lowest BCUT2D eigenvalue weighted by Crippen LogP contribution is -2.24. The first-order valence-electron chi connectivity index (χ1n) is 21.7. The van der Waals surface area contributed by atoms with Gasteiger partial charge in [0.15, 0.2) is 0 Å². The molecule has 6 heterocycles. The van der Waals surface area contributed by atoms with Gasteiger partial charge in [0.1, 0.15) is 58.3 Å². The van der Waals surface area contributed by atoms with Gasteiger partial charge in [-0.2, -0.15) is 10.2 Å². The molecule has 2 aliphatic rings. The van der Waals surface area contributed by atoms with Gasteiger partial charge in [-0.25, -0.2) is 15.0 Å². The smallest absolute Gasteiger partial charge is 0.258 e. The minimum atomic E-state index is -0.209. The van der Waals surface area contributed by atoms with Crippen molar-refractivity contribution in [2.75, 3.05) is 60.0 Å². The van der Waals surface area contributed by atoms with Crippen molar-refractivity contribution in [3.8, 4) is 39.9 Å². The third-order valence-electron chi connectivity index (χ3n) is 11.8. The minimum Gasteiger partial charge on any atom is -0.497 e. The Kier molecular flexibility index (Phi) is 11.6. The summed E-state index contributed by atoms with van der Waals surface area (Å²) in [6.07, 6.45) is 6.79. The number of fused-ring (bicyclic) bond motifs is 5. The molecule has 334 valence electrons. The van der Waals surface area contributed by atoms with Crippen molar-refractivity contribution < 1.29 is 23.7 Å². The Morgan fingerprint density at radius 2 is 1.53 bits per heavy atom. The first-order valence-corrected chi connectivity index (χ1v) is 21.7. The van der Waals surface area contributed by atoms with E-state index >= 15 is 0 Å². The first-order chi connectivity index (χ1) is 32.3. The molecule has 2 aliphatic heterocycles. The molecule has 0 spiro atoms. The van der Waals surface area contributed by atoms with E-state index in [1.807, 2.05) is 110 Å². The van der Waals surface area contributed by atoms with Gasteiger partial charge in [0.05, 0.1) is 68.1 Å². The summed E-state index contributed by atoms with van der Waals surface area (Å²) in [4.78, 5) is 32.9. The van der Waals surface area contributed by atoms with E-state index in [1.165, 1.54) is 0 Å². The predicted molar refractivity (Wildman–Crippen MR) is 253 cm³/mol. The van der Waals surface area contributed by atoms with Crippen molar-refractivity contribution in [3.63, 3.8) is 0 Å². The highest BCUT2D eigenvalue weighted by molar-refractivity contribution is 5.92. The number of aromatic amines is 3. The number of likely N-dealkylation sites (N-methyl/N-ethyl adjacent to an activating group) is 1. The van der Waals surface area contributed by atoms with Gasteiger partial charge < -0.3 is 38.9 Å². The number of H-pyrrole nitrogens is 3. The van der Waals surface area contributed by atoms with E-state index < -0.39 is 0 Å². The number of hydrogen-bond donors (Lipinski definition) is 4. The van der Waals surface area contributed by atoms with E-state index in [2.05, 4.69) is 36.8 Å². The fourth-order valence-corrected chi connectivity index (χ4v) is 8.31. The van der Waals surface area contributed by atoms with E-state index in [1.54, 1.807) is 26.6 Å². The zero-order valence-corrected chi connectivity index (χ0v) is 36.9. The van der Waals surface area contributed by atoms with Crippen molar-refractivity contribution >= 4 is 44.2 Å². The maximum atomic E-state index is 13.2. The van der Waals surface area contributed by atoms with E-state index in [9.17, 15) is 4.79 Å². The molecule has 0 radical (unpaired) electrons. The van der Waals surface area contributed by atoms with Crippen LogP contribution in [0.15, 0.2) is 114 Å². The highest BCUT2D eigenvalue weighted by Crippen LogP contribution is 2.37. The molecule has 2 atom stereocenters. The van der Waals surface area contributed by atoms with Crippen molar-refractivity contribution in [2.45, 2.75) is 24.7 Å². The van der Waals surface area contributed by atoms with Crippen LogP contribution in [0.25, 0.3) is 43.8 Å². The monoisotopic (exact) mass is 884 g/mol. The van der Waals surface area contributed by atoms with E-state index in [0.717, 1.165) is 97.4 Å². The Morgan fingerprint density at radius 3 is 2.27 bits per heavy atom. The Labute approximate surface area is 379 Å². The molecule has 0 aliphatic carbocycles. The second-order valence-electron chi connectivity index (χ2n) is 16.6. The van der Waals surface area contributed by atoms with Crippen LogP contribution in [0.4, 0.5) is 11.5 Å². The summed E-state index contributed by atoms with van der Waals surface area (Å²) in [7, 11) is 7.29. The largest absolute Gasteiger partial charge is 0.497 e. The molecule has 66 heavy (non-hydrogen) atoms. The molecule has 0 saturated heterocycles. The van der Waals surface area contributed by atoms with Crippen LogP contribution in [-0.4, -0.2) is 99.9 Å². The van der Waals surface area contributed by atoms with E-state index in [-0.39, 0.29) is 17.4 Å². The molecule has 0 saturated carbocycles. The van der Waals surface area contributed by atoms with Crippen LogP contribution < -0.4 is 34.6 Å². The lowest BCUT2D eigenvalue weighted by Gasteiger charge is -2.25. The standard InChI is InChI=1S/C25H27N5O4.C25H21N5O2/c1-30(2)6-7-33-22-11-15(18-12-26-27-13-18)10-20-23(22)28-24(29-25(20)31)17-8-16-9-19(32-3)4-5-21(16)34-14-17;1-31-19-7-9-23-15(12-19)10-17(14-32-23)24-28-22-5-3-2-4-20(22)25(29-24)27-18-6-8-21-16(11-18)13-26-30-21/h4-5,9-13,17H,6-8,14H2,1-3H3,(H,26,27)(H,28,29,31);2-9,11-13,17H,10,14H2,1H3,(H,26,30)(H,27,28,29). The molecule has 4 aromatic heterocycles. The normalized spacial score (nSPS) is 15.3. The Bertz CT molecular complexity index is 3240. The summed E-state index contributed by atoms with van der Waals surface area (Å²) in [6, 6.07) is 29.5. The van der Waals surface area contributed by atoms with Crippen LogP contribution in [0.2, 0.25) is 0 Å². The molecule has 4 N–H and O–H groups in total. The zero-order chi connectivity index (χ0) is 45.1. The molecule has 16 heteroatoms. The topological polar surface area (TPSA) is 190 Å². The Balaban J connectivity index is 0.000000155. The van der Waals surface area contributed by atoms with Gasteiger partial charge in [0, 0.05) is 34.8 Å². The SMILES string of the molecule is COc1ccc2c(c1)CC(c1nc(Nc3ccc4[nH]ncc4c3)c3ccccc3n1)CO2.COc1ccc2c(c1)CC(c1nc3c(OCCN(C)C)cc(-c4cn[nH]c4)cc3c(=O)[nH]1)CO2.